The molecule has 4 aromatic rings. The maximum atomic E-state index is 12.4. The molecule has 0 bridgehead atoms. The van der Waals surface area contributed by atoms with Gasteiger partial charge >= 0.3 is 12.1 Å². The lowest BCUT2D eigenvalue weighted by Crippen LogP contribution is -2.32. The largest absolute Gasteiger partial charge is 0.476 e. The first-order valence-corrected chi connectivity index (χ1v) is 13.1. The molecule has 1 amide bonds. The molecule has 0 radical (unpaired) electrons. The van der Waals surface area contributed by atoms with Crippen molar-refractivity contribution in [3.05, 3.63) is 118 Å². The van der Waals surface area contributed by atoms with Crippen LogP contribution in [0, 0.1) is 0 Å². The number of amides is 1. The zero-order valence-electron chi connectivity index (χ0n) is 21.4. The van der Waals surface area contributed by atoms with Gasteiger partial charge in [-0.3, -0.25) is 5.32 Å². The third kappa shape index (κ3) is 6.45. The Morgan fingerprint density at radius 3 is 1.74 bits per heavy atom. The zero-order chi connectivity index (χ0) is 28.0. The van der Waals surface area contributed by atoms with Crippen LogP contribution in [0.4, 0.5) is 9.93 Å². The summed E-state index contributed by atoms with van der Waals surface area (Å²) in [6.07, 6.45) is -0.749. The SMILES string of the molecule is CC(C)(C)OC(=O)Nc1nc(/C(=N\OC(c2ccccc2)(c2ccccc2)c2ccccc2)C(=O)O)c(Cl)s1. The Morgan fingerprint density at radius 1 is 0.872 bits per heavy atom. The van der Waals surface area contributed by atoms with Crippen LogP contribution in [0.5, 0.6) is 0 Å². The summed E-state index contributed by atoms with van der Waals surface area (Å²) in [5.41, 5.74) is -0.521. The second-order valence-electron chi connectivity index (χ2n) is 9.38. The van der Waals surface area contributed by atoms with E-state index in [0.29, 0.717) is 0 Å². The monoisotopic (exact) mass is 563 g/mol. The number of hydrogen-bond donors (Lipinski definition) is 2. The van der Waals surface area contributed by atoms with Gasteiger partial charge in [0, 0.05) is 16.7 Å². The van der Waals surface area contributed by atoms with Gasteiger partial charge < -0.3 is 14.7 Å². The van der Waals surface area contributed by atoms with Gasteiger partial charge in [-0.1, -0.05) is 119 Å². The Labute approximate surface area is 234 Å². The van der Waals surface area contributed by atoms with Crippen molar-refractivity contribution >= 4 is 45.8 Å². The number of oxime groups is 1. The molecular formula is C29H26ClN3O5S. The molecular weight excluding hydrogens is 538 g/mol. The Kier molecular flexibility index (Phi) is 8.32. The highest BCUT2D eigenvalue weighted by Gasteiger charge is 2.40. The van der Waals surface area contributed by atoms with Gasteiger partial charge in [-0.15, -0.1) is 0 Å². The van der Waals surface area contributed by atoms with Gasteiger partial charge in [0.05, 0.1) is 0 Å². The Bertz CT molecular complexity index is 1370. The third-order valence-corrected chi connectivity index (χ3v) is 6.61. The number of carboxylic acid groups (broad SMARTS) is 1. The molecule has 0 saturated carbocycles. The van der Waals surface area contributed by atoms with Crippen LogP contribution < -0.4 is 5.32 Å². The van der Waals surface area contributed by atoms with Crippen LogP contribution in [0.3, 0.4) is 0 Å². The first-order chi connectivity index (χ1) is 18.6. The first kappa shape index (κ1) is 27.8. The van der Waals surface area contributed by atoms with E-state index in [1.807, 2.05) is 91.0 Å². The predicted molar refractivity (Wildman–Crippen MR) is 151 cm³/mol. The normalized spacial score (nSPS) is 12.1. The summed E-state index contributed by atoms with van der Waals surface area (Å²) in [6, 6.07) is 28.1. The van der Waals surface area contributed by atoms with E-state index in [1.165, 1.54) is 0 Å². The number of carboxylic acids is 1. The first-order valence-electron chi connectivity index (χ1n) is 11.9. The molecule has 0 spiro atoms. The van der Waals surface area contributed by atoms with Gasteiger partial charge in [0.1, 0.15) is 15.6 Å². The van der Waals surface area contributed by atoms with E-state index >= 15 is 0 Å². The van der Waals surface area contributed by atoms with Gasteiger partial charge in [0.2, 0.25) is 11.3 Å². The maximum absolute atomic E-state index is 12.4. The van der Waals surface area contributed by atoms with Crippen LogP contribution in [0.2, 0.25) is 4.34 Å². The number of nitrogens with zero attached hydrogens (tertiary/aromatic N) is 2. The second kappa shape index (κ2) is 11.7. The van der Waals surface area contributed by atoms with Crippen LogP contribution >= 0.6 is 22.9 Å². The van der Waals surface area contributed by atoms with Crippen molar-refractivity contribution < 1.29 is 24.3 Å². The number of nitrogens with one attached hydrogen (secondary N) is 1. The van der Waals surface area contributed by atoms with Crippen molar-refractivity contribution in [3.63, 3.8) is 0 Å². The minimum absolute atomic E-state index is 0.00976. The fourth-order valence-corrected chi connectivity index (χ4v) is 4.90. The number of benzene rings is 3. The molecule has 0 aliphatic heterocycles. The van der Waals surface area contributed by atoms with Gasteiger partial charge in [-0.2, -0.15) is 0 Å². The summed E-state index contributed by atoms with van der Waals surface area (Å²) < 4.78 is 5.25. The molecule has 8 nitrogen and oxygen atoms in total. The number of aromatic nitrogens is 1. The highest BCUT2D eigenvalue weighted by molar-refractivity contribution is 7.20. The summed E-state index contributed by atoms with van der Waals surface area (Å²) in [4.78, 5) is 35.1. The van der Waals surface area contributed by atoms with E-state index in [4.69, 9.17) is 21.2 Å². The van der Waals surface area contributed by atoms with Crippen molar-refractivity contribution in [2.75, 3.05) is 5.32 Å². The molecule has 39 heavy (non-hydrogen) atoms. The second-order valence-corrected chi connectivity index (χ2v) is 11.0. The molecule has 10 heteroatoms. The zero-order valence-corrected chi connectivity index (χ0v) is 23.0. The molecule has 0 aliphatic rings. The van der Waals surface area contributed by atoms with Crippen molar-refractivity contribution in [1.29, 1.82) is 0 Å². The summed E-state index contributed by atoms with van der Waals surface area (Å²) >= 11 is 7.25. The minimum Gasteiger partial charge on any atom is -0.476 e. The molecule has 0 aliphatic carbocycles. The topological polar surface area (TPSA) is 110 Å². The van der Waals surface area contributed by atoms with Crippen LogP contribution in [0.1, 0.15) is 43.2 Å². The number of ether oxygens (including phenoxy) is 1. The van der Waals surface area contributed by atoms with Crippen LogP contribution in [0.15, 0.2) is 96.2 Å². The smallest absolute Gasteiger partial charge is 0.413 e. The number of thiazole rings is 1. The number of carbonyl (C=O) groups is 2. The molecule has 200 valence electrons. The van der Waals surface area contributed by atoms with Gasteiger partial charge in [-0.25, -0.2) is 14.6 Å². The Balaban J connectivity index is 1.81. The van der Waals surface area contributed by atoms with Crippen molar-refractivity contribution in [2.24, 2.45) is 5.16 Å². The summed E-state index contributed by atoms with van der Waals surface area (Å²) in [5.74, 6) is -1.41. The summed E-state index contributed by atoms with van der Waals surface area (Å²) in [6.45, 7) is 5.16. The maximum Gasteiger partial charge on any atom is 0.413 e. The lowest BCUT2D eigenvalue weighted by atomic mass is 9.80. The third-order valence-electron chi connectivity index (χ3n) is 5.44. The molecule has 4 rings (SSSR count). The Morgan fingerprint density at radius 2 is 1.33 bits per heavy atom. The molecule has 0 unspecified atom stereocenters. The van der Waals surface area contributed by atoms with Crippen molar-refractivity contribution in [2.45, 2.75) is 32.0 Å². The number of aliphatic carboxylic acids is 1. The average molecular weight is 564 g/mol. The van der Waals surface area contributed by atoms with Crippen LogP contribution in [0.25, 0.3) is 0 Å². The van der Waals surface area contributed by atoms with Crippen LogP contribution in [-0.2, 0) is 20.0 Å². The molecule has 0 atom stereocenters. The minimum atomic E-state index is -1.41. The van der Waals surface area contributed by atoms with E-state index in [2.05, 4.69) is 15.5 Å². The van der Waals surface area contributed by atoms with E-state index < -0.39 is 29.0 Å². The van der Waals surface area contributed by atoms with E-state index in [0.717, 1.165) is 28.0 Å². The summed E-state index contributed by atoms with van der Waals surface area (Å²) in [7, 11) is 0. The molecule has 0 saturated heterocycles. The van der Waals surface area contributed by atoms with Gasteiger partial charge in [-0.05, 0) is 20.8 Å². The highest BCUT2D eigenvalue weighted by Crippen LogP contribution is 2.41. The average Bonchev–Trinajstić information content (AvgIpc) is 3.26. The van der Waals surface area contributed by atoms with Crippen molar-refractivity contribution in [3.8, 4) is 0 Å². The van der Waals surface area contributed by atoms with E-state index in [9.17, 15) is 14.7 Å². The van der Waals surface area contributed by atoms with E-state index in [1.54, 1.807) is 20.8 Å². The number of hydrogen-bond acceptors (Lipinski definition) is 7. The van der Waals surface area contributed by atoms with Gasteiger partial charge in [0.15, 0.2) is 5.13 Å². The molecule has 0 fully saturated rings. The quantitative estimate of drug-likeness (QED) is 0.136. The van der Waals surface area contributed by atoms with E-state index in [-0.39, 0.29) is 15.2 Å². The fraction of sp³-hybridized carbons (Fsp3) is 0.172. The molecule has 2 N–H and O–H groups in total. The standard InChI is InChI=1S/C29H26ClN3O5S/c1-28(2,3)37-27(36)32-26-31-22(24(30)39-26)23(25(34)35)33-38-29(19-13-7-4-8-14-19,20-15-9-5-10-16-20)21-17-11-6-12-18-21/h4-18H,1-3H3,(H,34,35)(H,31,32,36)/b33-23+. The number of rotatable bonds is 8. The lowest BCUT2D eigenvalue weighted by Gasteiger charge is -2.33. The Hall–Kier alpha value is -4.21. The number of carbonyl (C=O) groups excluding carboxylic acids is 1. The predicted octanol–water partition coefficient (Wildman–Crippen LogP) is 6.94. The van der Waals surface area contributed by atoms with Gasteiger partial charge in [0.25, 0.3) is 0 Å². The molecule has 1 heterocycles. The summed E-state index contributed by atoms with van der Waals surface area (Å²) in [5, 5.41) is 16.8. The lowest BCUT2D eigenvalue weighted by molar-refractivity contribution is -0.129. The molecule has 3 aromatic carbocycles. The number of anilines is 1. The van der Waals surface area contributed by atoms with Crippen LogP contribution in [-0.4, -0.2) is 33.5 Å². The fourth-order valence-electron chi connectivity index (χ4n) is 3.87. The van der Waals surface area contributed by atoms with Crippen molar-refractivity contribution in [1.82, 2.24) is 4.98 Å². The number of halogens is 1. The highest BCUT2D eigenvalue weighted by atomic mass is 35.5. The molecule has 1 aromatic heterocycles.